The van der Waals surface area contributed by atoms with Gasteiger partial charge in [-0.25, -0.2) is 0 Å². The normalized spacial score (nSPS) is 37.1. The van der Waals surface area contributed by atoms with Crippen LogP contribution < -0.4 is 5.32 Å². The van der Waals surface area contributed by atoms with E-state index in [0.717, 1.165) is 23.4 Å². The number of amidine groups is 1. The van der Waals surface area contributed by atoms with Crippen molar-refractivity contribution in [2.75, 3.05) is 0 Å². The number of benzene rings is 1. The highest BCUT2D eigenvalue weighted by Gasteiger charge is 2.47. The second kappa shape index (κ2) is 7.15. The zero-order chi connectivity index (χ0) is 20.2. The van der Waals surface area contributed by atoms with Crippen LogP contribution in [0.25, 0.3) is 0 Å². The number of aliphatic imine (C=N–C) groups is 1. The molecule has 2 saturated carbocycles. The van der Waals surface area contributed by atoms with Crippen molar-refractivity contribution in [1.29, 1.82) is 0 Å². The van der Waals surface area contributed by atoms with Gasteiger partial charge in [0.2, 0.25) is 11.8 Å². The maximum Gasteiger partial charge on any atom is 0.242 e. The molecule has 5 nitrogen and oxygen atoms in total. The van der Waals surface area contributed by atoms with E-state index in [4.69, 9.17) is 4.99 Å². The molecule has 2 bridgehead atoms. The first-order valence-electron chi connectivity index (χ1n) is 10.8. The summed E-state index contributed by atoms with van der Waals surface area (Å²) < 4.78 is -0.774. The van der Waals surface area contributed by atoms with Crippen molar-refractivity contribution in [3.05, 3.63) is 35.4 Å². The van der Waals surface area contributed by atoms with Crippen molar-refractivity contribution in [2.24, 2.45) is 22.7 Å². The molecule has 154 valence electrons. The van der Waals surface area contributed by atoms with Gasteiger partial charge in [-0.05, 0) is 48.6 Å². The maximum absolute atomic E-state index is 13.0. The fourth-order valence-corrected chi connectivity index (χ4v) is 6.71. The Balaban J connectivity index is 1.25. The average molecular weight is 412 g/mol. The number of nitrogens with zero attached hydrogens (tertiary/aromatic N) is 2. The number of thioether (sulfide) groups is 1. The maximum atomic E-state index is 13.0. The Kier molecular flexibility index (Phi) is 4.72. The van der Waals surface area contributed by atoms with Gasteiger partial charge in [-0.1, -0.05) is 55.8 Å². The van der Waals surface area contributed by atoms with Crippen molar-refractivity contribution in [2.45, 2.75) is 69.8 Å². The van der Waals surface area contributed by atoms with Crippen molar-refractivity contribution < 1.29 is 9.59 Å². The Morgan fingerprint density at radius 1 is 1.24 bits per heavy atom. The first-order chi connectivity index (χ1) is 13.9. The Hall–Kier alpha value is -1.82. The molecule has 6 heteroatoms. The minimum Gasteiger partial charge on any atom is -0.334 e. The molecule has 2 heterocycles. The average Bonchev–Trinajstić information content (AvgIpc) is 3.34. The number of hydrogen-bond acceptors (Lipinski definition) is 4. The van der Waals surface area contributed by atoms with Gasteiger partial charge in [-0.2, -0.15) is 0 Å². The Morgan fingerprint density at radius 3 is 2.69 bits per heavy atom. The molecular weight excluding hydrogens is 382 g/mol. The van der Waals surface area contributed by atoms with Gasteiger partial charge in [-0.3, -0.25) is 14.6 Å². The van der Waals surface area contributed by atoms with E-state index in [1.807, 2.05) is 24.0 Å². The van der Waals surface area contributed by atoms with Gasteiger partial charge in [0.05, 0.1) is 12.5 Å². The first kappa shape index (κ1) is 19.2. The fourth-order valence-electron chi connectivity index (χ4n) is 5.61. The van der Waals surface area contributed by atoms with Crippen LogP contribution in [-0.4, -0.2) is 32.7 Å². The summed E-state index contributed by atoms with van der Waals surface area (Å²) in [5.41, 5.74) is 2.41. The van der Waals surface area contributed by atoms with Crippen molar-refractivity contribution in [1.82, 2.24) is 10.2 Å². The predicted molar refractivity (Wildman–Crippen MR) is 115 cm³/mol. The molecule has 1 aromatic rings. The number of carbonyl (C=O) groups is 2. The second-order valence-electron chi connectivity index (χ2n) is 9.54. The third kappa shape index (κ3) is 3.49. The highest BCUT2D eigenvalue weighted by molar-refractivity contribution is 8.16. The lowest BCUT2D eigenvalue weighted by molar-refractivity contribution is -0.134. The van der Waals surface area contributed by atoms with Crippen LogP contribution in [0.1, 0.15) is 57.1 Å². The molecule has 2 unspecified atom stereocenters. The van der Waals surface area contributed by atoms with Gasteiger partial charge in [-0.15, -0.1) is 0 Å². The van der Waals surface area contributed by atoms with E-state index in [1.165, 1.54) is 42.2 Å². The zero-order valence-electron chi connectivity index (χ0n) is 17.2. The van der Waals surface area contributed by atoms with E-state index in [9.17, 15) is 9.59 Å². The number of fused-ring (bicyclic) bond motifs is 3. The molecule has 2 aliphatic heterocycles. The molecular formula is C23H29N3O2S. The lowest BCUT2D eigenvalue weighted by Crippen LogP contribution is -2.39. The van der Waals surface area contributed by atoms with Crippen LogP contribution in [0.2, 0.25) is 0 Å². The number of nitrogens with one attached hydrogen (secondary N) is 1. The Labute approximate surface area is 176 Å². The van der Waals surface area contributed by atoms with Gasteiger partial charge in [0.15, 0.2) is 5.17 Å². The number of hydrogen-bond donors (Lipinski definition) is 1. The third-order valence-electron chi connectivity index (χ3n) is 7.42. The summed E-state index contributed by atoms with van der Waals surface area (Å²) in [5.74, 6) is 2.13. The van der Waals surface area contributed by atoms with Crippen molar-refractivity contribution in [3.63, 3.8) is 0 Å². The fraction of sp³-hybridized carbons (Fsp3) is 0.609. The van der Waals surface area contributed by atoms with E-state index < -0.39 is 4.75 Å². The molecule has 1 N–H and O–H groups in total. The van der Waals surface area contributed by atoms with Crippen LogP contribution >= 0.6 is 11.8 Å². The molecule has 0 aromatic heterocycles. The SMILES string of the molecule is CC1CC[C@H]2C[C@H](N=C3NC(=O)C(C)(CC(=O)N4Cc5ccccc5C4)S3)[C@@H]1C2. The smallest absolute Gasteiger partial charge is 0.242 e. The summed E-state index contributed by atoms with van der Waals surface area (Å²) in [7, 11) is 0. The highest BCUT2D eigenvalue weighted by atomic mass is 32.2. The predicted octanol–water partition coefficient (Wildman–Crippen LogP) is 3.72. The van der Waals surface area contributed by atoms with Crippen LogP contribution in [0.15, 0.2) is 29.3 Å². The molecule has 5 atom stereocenters. The highest BCUT2D eigenvalue weighted by Crippen LogP contribution is 2.47. The summed E-state index contributed by atoms with van der Waals surface area (Å²) in [5, 5.41) is 3.70. The summed E-state index contributed by atoms with van der Waals surface area (Å²) in [6, 6.07) is 8.49. The lowest BCUT2D eigenvalue weighted by atomic mass is 9.80. The van der Waals surface area contributed by atoms with Gasteiger partial charge < -0.3 is 10.2 Å². The largest absolute Gasteiger partial charge is 0.334 e. The van der Waals surface area contributed by atoms with E-state index in [2.05, 4.69) is 24.4 Å². The first-order valence-corrected chi connectivity index (χ1v) is 11.7. The monoisotopic (exact) mass is 411 g/mol. The van der Waals surface area contributed by atoms with Crippen LogP contribution in [-0.2, 0) is 22.7 Å². The quantitative estimate of drug-likeness (QED) is 0.825. The number of carbonyl (C=O) groups excluding carboxylic acids is 2. The number of rotatable bonds is 3. The molecule has 2 amide bonds. The summed E-state index contributed by atoms with van der Waals surface area (Å²) in [6.45, 7) is 5.51. The molecule has 0 radical (unpaired) electrons. The molecule has 29 heavy (non-hydrogen) atoms. The zero-order valence-corrected chi connectivity index (χ0v) is 18.0. The standard InChI is InChI=1S/C23H29N3O2S/c1-14-7-8-15-9-18(14)19(10-15)24-22-25-21(28)23(2,29-22)11-20(27)26-12-16-5-3-4-6-17(16)13-26/h3-6,14-15,18-19H,7-13H2,1-2H3,(H,24,25,28)/t14?,15-,18-,19+,23?/m1/s1. The Morgan fingerprint density at radius 2 is 1.97 bits per heavy atom. The van der Waals surface area contributed by atoms with Gasteiger partial charge in [0, 0.05) is 13.1 Å². The van der Waals surface area contributed by atoms with E-state index in [1.54, 1.807) is 0 Å². The van der Waals surface area contributed by atoms with Crippen molar-refractivity contribution >= 4 is 28.7 Å². The third-order valence-corrected chi connectivity index (χ3v) is 8.60. The Bertz CT molecular complexity index is 860. The molecule has 4 aliphatic rings. The molecule has 1 aromatic carbocycles. The van der Waals surface area contributed by atoms with Crippen LogP contribution in [0, 0.1) is 17.8 Å². The lowest BCUT2D eigenvalue weighted by Gasteiger charge is -2.26. The van der Waals surface area contributed by atoms with E-state index >= 15 is 0 Å². The van der Waals surface area contributed by atoms with Gasteiger partial charge in [0.25, 0.3) is 0 Å². The van der Waals surface area contributed by atoms with Crippen LogP contribution in [0.3, 0.4) is 0 Å². The van der Waals surface area contributed by atoms with Crippen LogP contribution in [0.4, 0.5) is 0 Å². The van der Waals surface area contributed by atoms with Gasteiger partial charge in [0.1, 0.15) is 4.75 Å². The van der Waals surface area contributed by atoms with E-state index in [0.29, 0.717) is 25.0 Å². The summed E-state index contributed by atoms with van der Waals surface area (Å²) in [6.07, 6.45) is 5.27. The molecule has 5 rings (SSSR count). The van der Waals surface area contributed by atoms with Crippen LogP contribution in [0.5, 0.6) is 0 Å². The number of amides is 2. The van der Waals surface area contributed by atoms with Crippen molar-refractivity contribution in [3.8, 4) is 0 Å². The molecule has 2 aliphatic carbocycles. The topological polar surface area (TPSA) is 61.8 Å². The molecule has 1 saturated heterocycles. The summed E-state index contributed by atoms with van der Waals surface area (Å²) in [4.78, 5) is 32.6. The second-order valence-corrected chi connectivity index (χ2v) is 11.0. The van der Waals surface area contributed by atoms with E-state index in [-0.39, 0.29) is 18.2 Å². The summed E-state index contributed by atoms with van der Waals surface area (Å²) >= 11 is 1.46. The van der Waals surface area contributed by atoms with Gasteiger partial charge >= 0.3 is 0 Å². The molecule has 0 spiro atoms. The minimum absolute atomic E-state index is 0.0398. The minimum atomic E-state index is -0.774. The molecule has 3 fully saturated rings.